The van der Waals surface area contributed by atoms with Crippen molar-refractivity contribution in [3.63, 3.8) is 0 Å². The Morgan fingerprint density at radius 3 is 2.71 bits per heavy atom. The van der Waals surface area contributed by atoms with Crippen LogP contribution >= 0.6 is 20.4 Å². The maximum Gasteiger partial charge on any atom is 0.300 e. The Hall–Kier alpha value is -0.330. The number of rotatable bonds is 7. The first-order valence-corrected chi connectivity index (χ1v) is 8.12. The predicted octanol–water partition coefficient (Wildman–Crippen LogP) is 2.15. The van der Waals surface area contributed by atoms with Crippen molar-refractivity contribution in [2.24, 2.45) is 0 Å². The van der Waals surface area contributed by atoms with E-state index in [4.69, 9.17) is 0 Å². The normalized spacial score (nSPS) is 12.3. The summed E-state index contributed by atoms with van der Waals surface area (Å²) < 4.78 is 42.7. The fraction of sp³-hybridized carbons (Fsp3) is 0.333. The molecule has 0 fully saturated rings. The molecule has 0 spiro atoms. The van der Waals surface area contributed by atoms with Gasteiger partial charge >= 0.3 is 0 Å². The molecule has 0 N–H and O–H groups in total. The highest BCUT2D eigenvalue weighted by molar-refractivity contribution is 8.00. The molecule has 8 heteroatoms. The quantitative estimate of drug-likeness (QED) is 0.252. The summed E-state index contributed by atoms with van der Waals surface area (Å²) in [6.45, 7) is 1.41. The zero-order valence-electron chi connectivity index (χ0n) is 9.16. The third kappa shape index (κ3) is 4.44. The molecule has 0 aromatic heterocycles. The first-order valence-electron chi connectivity index (χ1n) is 4.78. The van der Waals surface area contributed by atoms with Gasteiger partial charge in [-0.2, -0.15) is 8.42 Å². The molecule has 0 aliphatic carbocycles. The van der Waals surface area contributed by atoms with Crippen molar-refractivity contribution in [2.45, 2.75) is 16.7 Å². The van der Waals surface area contributed by atoms with Crippen LogP contribution in [0.2, 0.25) is 0 Å². The Balaban J connectivity index is 2.93. The largest absolute Gasteiger partial charge is 0.304 e. The predicted molar refractivity (Wildman–Crippen MR) is 67.5 cm³/mol. The summed E-state index contributed by atoms with van der Waals surface area (Å²) in [5, 5.41) is 0. The molecule has 0 bridgehead atoms. The van der Waals surface area contributed by atoms with Gasteiger partial charge in [0.1, 0.15) is 4.90 Å². The topological polar surface area (TPSA) is 69.7 Å². The van der Waals surface area contributed by atoms with Crippen molar-refractivity contribution in [3.8, 4) is 0 Å². The number of hydrogen-bond donors (Lipinski definition) is 0. The minimum absolute atomic E-state index is 0.108. The highest BCUT2D eigenvalue weighted by atomic mass is 32.2. The van der Waals surface area contributed by atoms with Crippen molar-refractivity contribution >= 4 is 30.6 Å². The van der Waals surface area contributed by atoms with E-state index in [1.54, 1.807) is 18.2 Å². The molecule has 0 saturated carbocycles. The molecular weight excluding hydrogens is 283 g/mol. The fourth-order valence-electron chi connectivity index (χ4n) is 1.11. The molecule has 1 atom stereocenters. The lowest BCUT2D eigenvalue weighted by Crippen LogP contribution is -2.08. The summed E-state index contributed by atoms with van der Waals surface area (Å²) in [5.74, 6) is 0.758. The third-order valence-electron chi connectivity index (χ3n) is 1.76. The summed E-state index contributed by atoms with van der Waals surface area (Å²) >= 11 is 1.41. The van der Waals surface area contributed by atoms with E-state index in [0.29, 0.717) is 4.90 Å². The van der Waals surface area contributed by atoms with Crippen LogP contribution in [0.5, 0.6) is 0 Å². The molecule has 1 unspecified atom stereocenters. The van der Waals surface area contributed by atoms with E-state index < -0.39 is 25.6 Å². The molecule has 1 aromatic carbocycles. The lowest BCUT2D eigenvalue weighted by Gasteiger charge is -2.08. The van der Waals surface area contributed by atoms with Crippen LogP contribution < -0.4 is 0 Å². The van der Waals surface area contributed by atoms with Gasteiger partial charge in [0, 0.05) is 4.90 Å². The molecule has 0 saturated heterocycles. The standard InChI is InChI=1S/C9H13O5PS2/c1-2-16-8-5-3-4-6-9(8)17(11,12)14-7-13-15-10/h3-6H,2,7,15H2,1H3. The van der Waals surface area contributed by atoms with Gasteiger partial charge in [-0.3, -0.25) is 4.57 Å². The average molecular weight is 296 g/mol. The first-order chi connectivity index (χ1) is 8.11. The van der Waals surface area contributed by atoms with E-state index in [-0.39, 0.29) is 4.90 Å². The van der Waals surface area contributed by atoms with Crippen molar-refractivity contribution in [2.75, 3.05) is 12.5 Å². The number of benzene rings is 1. The molecule has 0 amide bonds. The monoisotopic (exact) mass is 296 g/mol. The maximum absolute atomic E-state index is 11.8. The summed E-state index contributed by atoms with van der Waals surface area (Å²) in [5.41, 5.74) is 0. The molecule has 17 heavy (non-hydrogen) atoms. The Morgan fingerprint density at radius 1 is 1.35 bits per heavy atom. The molecule has 0 heterocycles. The molecule has 0 radical (unpaired) electrons. The van der Waals surface area contributed by atoms with Crippen molar-refractivity contribution in [1.29, 1.82) is 0 Å². The van der Waals surface area contributed by atoms with E-state index in [0.717, 1.165) is 5.75 Å². The van der Waals surface area contributed by atoms with Crippen LogP contribution in [0.3, 0.4) is 0 Å². The van der Waals surface area contributed by atoms with Gasteiger partial charge in [0.05, 0.1) is 0 Å². The van der Waals surface area contributed by atoms with Crippen LogP contribution in [0, 0.1) is 0 Å². The second kappa shape index (κ2) is 7.18. The van der Waals surface area contributed by atoms with Gasteiger partial charge in [-0.25, -0.2) is 4.18 Å². The van der Waals surface area contributed by atoms with Crippen LogP contribution in [0.4, 0.5) is 0 Å². The van der Waals surface area contributed by atoms with E-state index in [1.807, 2.05) is 6.92 Å². The fourth-order valence-corrected chi connectivity index (χ4v) is 3.38. The Bertz CT molecular complexity index is 474. The lowest BCUT2D eigenvalue weighted by atomic mass is 10.4. The number of thioether (sulfide) groups is 1. The Kier molecular flexibility index (Phi) is 6.22. The van der Waals surface area contributed by atoms with Crippen molar-refractivity contribution in [1.82, 2.24) is 0 Å². The second-order valence-electron chi connectivity index (χ2n) is 2.83. The summed E-state index contributed by atoms with van der Waals surface area (Å²) in [6, 6.07) is 6.56. The summed E-state index contributed by atoms with van der Waals surface area (Å²) in [6.07, 6.45) is 0. The Morgan fingerprint density at radius 2 is 2.06 bits per heavy atom. The van der Waals surface area contributed by atoms with Gasteiger partial charge in [0.25, 0.3) is 10.1 Å². The van der Waals surface area contributed by atoms with Crippen LogP contribution in [0.1, 0.15) is 6.92 Å². The van der Waals surface area contributed by atoms with Gasteiger partial charge in [0.15, 0.2) is 15.5 Å². The van der Waals surface area contributed by atoms with Gasteiger partial charge < -0.3 is 4.52 Å². The zero-order valence-corrected chi connectivity index (χ0v) is 11.9. The lowest BCUT2D eigenvalue weighted by molar-refractivity contribution is 0.139. The molecule has 5 nitrogen and oxygen atoms in total. The highest BCUT2D eigenvalue weighted by Crippen LogP contribution is 2.27. The van der Waals surface area contributed by atoms with E-state index >= 15 is 0 Å². The molecule has 0 aliphatic rings. The van der Waals surface area contributed by atoms with E-state index in [2.05, 4.69) is 8.71 Å². The zero-order chi connectivity index (χ0) is 12.7. The smallest absolute Gasteiger partial charge is 0.300 e. The highest BCUT2D eigenvalue weighted by Gasteiger charge is 2.19. The molecule has 1 aromatic rings. The maximum atomic E-state index is 11.8. The first kappa shape index (κ1) is 14.7. The van der Waals surface area contributed by atoms with Gasteiger partial charge in [-0.05, 0) is 17.9 Å². The minimum Gasteiger partial charge on any atom is -0.304 e. The second-order valence-corrected chi connectivity index (χ2v) is 6.25. The molecule has 1 rings (SSSR count). The molecular formula is C9H13O5PS2. The van der Waals surface area contributed by atoms with Crippen LogP contribution in [-0.2, 0) is 23.4 Å². The van der Waals surface area contributed by atoms with Crippen molar-refractivity contribution in [3.05, 3.63) is 24.3 Å². The van der Waals surface area contributed by atoms with E-state index in [1.165, 1.54) is 17.8 Å². The summed E-state index contributed by atoms with van der Waals surface area (Å²) in [4.78, 5) is 0.737. The molecule has 96 valence electrons. The molecule has 0 aliphatic heterocycles. The minimum atomic E-state index is -3.86. The Labute approximate surface area is 106 Å². The van der Waals surface area contributed by atoms with Gasteiger partial charge in [-0.1, -0.05) is 19.1 Å². The van der Waals surface area contributed by atoms with Gasteiger partial charge in [0.2, 0.25) is 0 Å². The van der Waals surface area contributed by atoms with E-state index in [9.17, 15) is 13.0 Å². The van der Waals surface area contributed by atoms with Crippen LogP contribution in [0.25, 0.3) is 0 Å². The van der Waals surface area contributed by atoms with Crippen molar-refractivity contribution < 1.29 is 21.7 Å². The number of hydrogen-bond acceptors (Lipinski definition) is 6. The van der Waals surface area contributed by atoms with Gasteiger partial charge in [-0.15, -0.1) is 11.8 Å². The van der Waals surface area contributed by atoms with Crippen LogP contribution in [-0.4, -0.2) is 21.0 Å². The average Bonchev–Trinajstić information content (AvgIpc) is 2.30. The third-order valence-corrected chi connectivity index (χ3v) is 4.42. The summed E-state index contributed by atoms with van der Waals surface area (Å²) in [7, 11) is -5.33. The van der Waals surface area contributed by atoms with Crippen LogP contribution in [0.15, 0.2) is 34.1 Å². The SMILES string of the molecule is CCSc1ccccc1S(=O)(=O)OCO[PH2]=O.